The average molecular weight is 349 g/mol. The van der Waals surface area contributed by atoms with E-state index in [2.05, 4.69) is 20.6 Å². The second kappa shape index (κ2) is 6.10. The Morgan fingerprint density at radius 1 is 1.08 bits per heavy atom. The molecule has 1 N–H and O–H groups in total. The van der Waals surface area contributed by atoms with Gasteiger partial charge in [0.1, 0.15) is 5.01 Å². The summed E-state index contributed by atoms with van der Waals surface area (Å²) in [6.45, 7) is 3.83. The van der Waals surface area contributed by atoms with Crippen LogP contribution in [0.3, 0.4) is 0 Å². The number of carbonyl (C=O) groups excluding carboxylic acids is 1. The van der Waals surface area contributed by atoms with Crippen molar-refractivity contribution in [3.05, 3.63) is 65.5 Å². The number of carbonyl (C=O) groups is 1. The molecule has 0 radical (unpaired) electrons. The number of anilines is 1. The normalized spacial score (nSPS) is 11.0. The zero-order chi connectivity index (χ0) is 17.4. The summed E-state index contributed by atoms with van der Waals surface area (Å²) in [5.74, 6) is 0.622. The number of aryl methyl sites for hydroxylation is 2. The van der Waals surface area contributed by atoms with E-state index in [4.69, 9.17) is 0 Å². The molecule has 2 aromatic heterocycles. The van der Waals surface area contributed by atoms with Crippen molar-refractivity contribution in [1.82, 2.24) is 19.8 Å². The average Bonchev–Trinajstić information content (AvgIpc) is 3.17. The highest BCUT2D eigenvalue weighted by atomic mass is 32.1. The summed E-state index contributed by atoms with van der Waals surface area (Å²) < 4.78 is 1.72. The van der Waals surface area contributed by atoms with E-state index >= 15 is 0 Å². The number of hydrogen-bond donors (Lipinski definition) is 1. The maximum absolute atomic E-state index is 12.4. The SMILES string of the molecule is Cc1cccc(C(=O)Nc2cccc(-c3nn4c(C)nnc4s3)c2)c1. The quantitative estimate of drug-likeness (QED) is 0.612. The van der Waals surface area contributed by atoms with Gasteiger partial charge < -0.3 is 5.32 Å². The van der Waals surface area contributed by atoms with E-state index in [-0.39, 0.29) is 5.91 Å². The number of nitrogens with zero attached hydrogens (tertiary/aromatic N) is 4. The largest absolute Gasteiger partial charge is 0.322 e. The molecular formula is C18H15N5OS. The molecule has 0 fully saturated rings. The van der Waals surface area contributed by atoms with E-state index in [9.17, 15) is 4.79 Å². The molecule has 0 aliphatic rings. The van der Waals surface area contributed by atoms with Gasteiger partial charge in [-0.15, -0.1) is 10.2 Å². The summed E-state index contributed by atoms with van der Waals surface area (Å²) >= 11 is 1.46. The third kappa shape index (κ3) is 3.01. The fourth-order valence-corrected chi connectivity index (χ4v) is 3.43. The van der Waals surface area contributed by atoms with E-state index in [1.54, 1.807) is 10.6 Å². The Labute approximate surface area is 148 Å². The summed E-state index contributed by atoms with van der Waals surface area (Å²) in [5, 5.41) is 16.4. The van der Waals surface area contributed by atoms with Crippen molar-refractivity contribution in [1.29, 1.82) is 0 Å². The van der Waals surface area contributed by atoms with Gasteiger partial charge in [-0.05, 0) is 38.1 Å². The lowest BCUT2D eigenvalue weighted by atomic mass is 10.1. The molecule has 0 saturated carbocycles. The van der Waals surface area contributed by atoms with Crippen molar-refractivity contribution >= 4 is 27.9 Å². The lowest BCUT2D eigenvalue weighted by Gasteiger charge is -2.07. The molecule has 0 unspecified atom stereocenters. The molecule has 6 nitrogen and oxygen atoms in total. The van der Waals surface area contributed by atoms with Gasteiger partial charge in [-0.25, -0.2) is 0 Å². The standard InChI is InChI=1S/C18H15N5OS/c1-11-5-3-6-13(9-11)16(24)19-15-8-4-7-14(10-15)17-22-23-12(2)20-21-18(23)25-17/h3-10H,1-2H3,(H,19,24). The van der Waals surface area contributed by atoms with Gasteiger partial charge in [-0.3, -0.25) is 4.79 Å². The molecule has 25 heavy (non-hydrogen) atoms. The summed E-state index contributed by atoms with van der Waals surface area (Å²) in [6.07, 6.45) is 0. The highest BCUT2D eigenvalue weighted by Gasteiger charge is 2.12. The van der Waals surface area contributed by atoms with Crippen LogP contribution in [0.25, 0.3) is 15.5 Å². The van der Waals surface area contributed by atoms with Crippen molar-refractivity contribution < 1.29 is 4.79 Å². The van der Waals surface area contributed by atoms with Gasteiger partial charge in [0, 0.05) is 16.8 Å². The highest BCUT2D eigenvalue weighted by Crippen LogP contribution is 2.27. The van der Waals surface area contributed by atoms with Crippen molar-refractivity contribution in [2.45, 2.75) is 13.8 Å². The fourth-order valence-electron chi connectivity index (χ4n) is 2.55. The molecule has 0 spiro atoms. The van der Waals surface area contributed by atoms with Crippen LogP contribution in [0, 0.1) is 13.8 Å². The predicted octanol–water partition coefficient (Wildman–Crippen LogP) is 3.72. The van der Waals surface area contributed by atoms with Crippen molar-refractivity contribution in [2.24, 2.45) is 0 Å². The molecule has 4 rings (SSSR count). The molecule has 0 atom stereocenters. The second-order valence-electron chi connectivity index (χ2n) is 5.75. The maximum Gasteiger partial charge on any atom is 0.255 e. The minimum atomic E-state index is -0.130. The van der Waals surface area contributed by atoms with Crippen molar-refractivity contribution in [3.63, 3.8) is 0 Å². The third-order valence-electron chi connectivity index (χ3n) is 3.79. The number of hydrogen-bond acceptors (Lipinski definition) is 5. The van der Waals surface area contributed by atoms with Crippen LogP contribution in [0.5, 0.6) is 0 Å². The first kappa shape index (κ1) is 15.5. The van der Waals surface area contributed by atoms with Gasteiger partial charge in [0.15, 0.2) is 5.82 Å². The van der Waals surface area contributed by atoms with Crippen LogP contribution in [0.2, 0.25) is 0 Å². The maximum atomic E-state index is 12.4. The van der Waals surface area contributed by atoms with E-state index < -0.39 is 0 Å². The van der Waals surface area contributed by atoms with Crippen molar-refractivity contribution in [2.75, 3.05) is 5.32 Å². The first-order valence-electron chi connectivity index (χ1n) is 7.77. The van der Waals surface area contributed by atoms with Gasteiger partial charge in [-0.2, -0.15) is 9.61 Å². The molecular weight excluding hydrogens is 334 g/mol. The smallest absolute Gasteiger partial charge is 0.255 e. The molecule has 124 valence electrons. The number of amides is 1. The van der Waals surface area contributed by atoms with Crippen LogP contribution in [0.1, 0.15) is 21.7 Å². The van der Waals surface area contributed by atoms with Gasteiger partial charge in [0.05, 0.1) is 0 Å². The lowest BCUT2D eigenvalue weighted by Crippen LogP contribution is -2.11. The number of rotatable bonds is 3. The Hall–Kier alpha value is -3.06. The van der Waals surface area contributed by atoms with E-state index in [1.807, 2.05) is 56.3 Å². The van der Waals surface area contributed by atoms with Gasteiger partial charge in [0.2, 0.25) is 4.96 Å². The van der Waals surface area contributed by atoms with Gasteiger partial charge in [0.25, 0.3) is 5.91 Å². The van der Waals surface area contributed by atoms with Crippen LogP contribution in [-0.2, 0) is 0 Å². The monoisotopic (exact) mass is 349 g/mol. The van der Waals surface area contributed by atoms with Gasteiger partial charge in [-0.1, -0.05) is 41.2 Å². The lowest BCUT2D eigenvalue weighted by molar-refractivity contribution is 0.102. The Bertz CT molecular complexity index is 1080. The molecule has 2 heterocycles. The molecule has 4 aromatic rings. The molecule has 7 heteroatoms. The molecule has 0 bridgehead atoms. The first-order valence-corrected chi connectivity index (χ1v) is 8.59. The topological polar surface area (TPSA) is 72.2 Å². The molecule has 0 aliphatic carbocycles. The molecule has 1 amide bonds. The molecule has 0 aliphatic heterocycles. The van der Waals surface area contributed by atoms with Crippen LogP contribution in [0.4, 0.5) is 5.69 Å². The Morgan fingerprint density at radius 2 is 1.92 bits per heavy atom. The molecule has 0 saturated heterocycles. The first-order chi connectivity index (χ1) is 12.1. The summed E-state index contributed by atoms with van der Waals surface area (Å²) in [6, 6.07) is 15.1. The van der Waals surface area contributed by atoms with Gasteiger partial charge >= 0.3 is 0 Å². The Balaban J connectivity index is 1.61. The molecule has 2 aromatic carbocycles. The second-order valence-corrected chi connectivity index (χ2v) is 6.71. The number of fused-ring (bicyclic) bond motifs is 1. The van der Waals surface area contributed by atoms with Crippen LogP contribution in [-0.4, -0.2) is 25.7 Å². The number of aromatic nitrogens is 4. The Morgan fingerprint density at radius 3 is 2.72 bits per heavy atom. The number of benzene rings is 2. The van der Waals surface area contributed by atoms with E-state index in [1.165, 1.54) is 11.3 Å². The minimum absolute atomic E-state index is 0.130. The third-order valence-corrected chi connectivity index (χ3v) is 4.74. The Kier molecular flexibility index (Phi) is 3.77. The minimum Gasteiger partial charge on any atom is -0.322 e. The van der Waals surface area contributed by atoms with E-state index in [0.717, 1.165) is 32.6 Å². The predicted molar refractivity (Wildman–Crippen MR) is 98.0 cm³/mol. The highest BCUT2D eigenvalue weighted by molar-refractivity contribution is 7.19. The van der Waals surface area contributed by atoms with Crippen LogP contribution >= 0.6 is 11.3 Å². The summed E-state index contributed by atoms with van der Waals surface area (Å²) in [7, 11) is 0. The van der Waals surface area contributed by atoms with E-state index in [0.29, 0.717) is 5.56 Å². The summed E-state index contributed by atoms with van der Waals surface area (Å²) in [5.41, 5.74) is 3.35. The summed E-state index contributed by atoms with van der Waals surface area (Å²) in [4.78, 5) is 13.2. The fraction of sp³-hybridized carbons (Fsp3) is 0.111. The zero-order valence-corrected chi connectivity index (χ0v) is 14.5. The zero-order valence-electron chi connectivity index (χ0n) is 13.7. The van der Waals surface area contributed by atoms with Crippen LogP contribution < -0.4 is 5.32 Å². The van der Waals surface area contributed by atoms with Crippen molar-refractivity contribution in [3.8, 4) is 10.6 Å². The van der Waals surface area contributed by atoms with Crippen LogP contribution in [0.15, 0.2) is 48.5 Å². The number of nitrogens with one attached hydrogen (secondary N) is 1.